The van der Waals surface area contributed by atoms with Gasteiger partial charge in [0.05, 0.1) is 12.2 Å². The lowest BCUT2D eigenvalue weighted by molar-refractivity contribution is -0.143. The lowest BCUT2D eigenvalue weighted by Crippen LogP contribution is -2.38. The molecule has 2 rings (SSSR count). The van der Waals surface area contributed by atoms with Gasteiger partial charge >= 0.3 is 5.97 Å². The van der Waals surface area contributed by atoms with Crippen molar-refractivity contribution < 1.29 is 19.4 Å². The van der Waals surface area contributed by atoms with Crippen LogP contribution >= 0.6 is 0 Å². The smallest absolute Gasteiger partial charge is 0.306 e. The molecule has 2 N–H and O–H groups in total. The topological polar surface area (TPSA) is 73.9 Å². The number of hydrogen-bond donors (Lipinski definition) is 2. The number of furan rings is 1. The first-order valence-electron chi connectivity index (χ1n) is 5.83. The van der Waals surface area contributed by atoms with Crippen LogP contribution in [0, 0.1) is 5.92 Å². The van der Waals surface area contributed by atoms with Crippen LogP contribution in [0.1, 0.15) is 24.7 Å². The highest BCUT2D eigenvalue weighted by atomic mass is 16.4. The van der Waals surface area contributed by atoms with Crippen molar-refractivity contribution in [3.8, 4) is 0 Å². The maximum Gasteiger partial charge on any atom is 0.306 e. The fourth-order valence-corrected chi connectivity index (χ4v) is 2.18. The Balaban J connectivity index is 1.80. The van der Waals surface area contributed by atoms with Crippen molar-refractivity contribution in [1.29, 1.82) is 0 Å². The molecule has 0 spiro atoms. The summed E-state index contributed by atoms with van der Waals surface area (Å²) in [5.74, 6) is -0.381. The van der Waals surface area contributed by atoms with Crippen LogP contribution in [0.2, 0.25) is 0 Å². The van der Waals surface area contributed by atoms with Crippen molar-refractivity contribution in [3.05, 3.63) is 24.2 Å². The Labute approximate surface area is 99.6 Å². The van der Waals surface area contributed by atoms with Crippen molar-refractivity contribution in [1.82, 2.24) is 4.90 Å². The highest BCUT2D eigenvalue weighted by molar-refractivity contribution is 5.70. The number of rotatable bonds is 4. The van der Waals surface area contributed by atoms with Crippen LogP contribution in [-0.2, 0) is 4.79 Å². The third-order valence-corrected chi connectivity index (χ3v) is 3.24. The fraction of sp³-hybridized carbons (Fsp3) is 0.583. The fourth-order valence-electron chi connectivity index (χ4n) is 2.18. The van der Waals surface area contributed by atoms with Crippen LogP contribution < -0.4 is 0 Å². The molecule has 0 bridgehead atoms. The van der Waals surface area contributed by atoms with E-state index in [4.69, 9.17) is 9.52 Å². The number of carboxylic acid groups (broad SMARTS) is 1. The summed E-state index contributed by atoms with van der Waals surface area (Å²) in [6.45, 7) is 1.93. The molecule has 5 heteroatoms. The van der Waals surface area contributed by atoms with Crippen molar-refractivity contribution in [3.63, 3.8) is 0 Å². The van der Waals surface area contributed by atoms with E-state index in [1.165, 1.54) is 6.26 Å². The molecular formula is C12H17NO4. The summed E-state index contributed by atoms with van der Waals surface area (Å²) in [4.78, 5) is 12.9. The number of aliphatic hydroxyl groups is 1. The molecule has 1 aliphatic heterocycles. The molecule has 1 atom stereocenters. The third kappa shape index (κ3) is 3.08. The number of aliphatic hydroxyl groups excluding tert-OH is 1. The van der Waals surface area contributed by atoms with Crippen LogP contribution in [-0.4, -0.2) is 40.7 Å². The molecule has 0 radical (unpaired) electrons. The number of likely N-dealkylation sites (tertiary alicyclic amines) is 1. The number of nitrogens with zero attached hydrogens (tertiary/aromatic N) is 1. The number of aliphatic carboxylic acids is 1. The second-order valence-electron chi connectivity index (χ2n) is 4.44. The number of carboxylic acids is 1. The Bertz CT molecular complexity index is 355. The molecule has 2 heterocycles. The molecule has 1 aromatic heterocycles. The maximum atomic E-state index is 10.8. The summed E-state index contributed by atoms with van der Waals surface area (Å²) >= 11 is 0. The zero-order chi connectivity index (χ0) is 12.3. The van der Waals surface area contributed by atoms with Crippen molar-refractivity contribution >= 4 is 5.97 Å². The van der Waals surface area contributed by atoms with Crippen LogP contribution in [0.25, 0.3) is 0 Å². The molecule has 5 nitrogen and oxygen atoms in total. The lowest BCUT2D eigenvalue weighted by atomic mass is 9.97. The highest BCUT2D eigenvalue weighted by Crippen LogP contribution is 2.20. The average molecular weight is 239 g/mol. The predicted octanol–water partition coefficient (Wildman–Crippen LogP) is 1.11. The Kier molecular flexibility index (Phi) is 3.81. The molecule has 1 unspecified atom stereocenters. The van der Waals surface area contributed by atoms with E-state index in [-0.39, 0.29) is 5.92 Å². The molecule has 17 heavy (non-hydrogen) atoms. The van der Waals surface area contributed by atoms with E-state index in [1.54, 1.807) is 12.1 Å². The van der Waals surface area contributed by atoms with Crippen LogP contribution in [0.5, 0.6) is 0 Å². The van der Waals surface area contributed by atoms with Crippen LogP contribution in [0.3, 0.4) is 0 Å². The van der Waals surface area contributed by atoms with Gasteiger partial charge in [-0.15, -0.1) is 0 Å². The molecule has 0 aromatic carbocycles. The van der Waals surface area contributed by atoms with Gasteiger partial charge in [0.2, 0.25) is 0 Å². The molecular weight excluding hydrogens is 222 g/mol. The van der Waals surface area contributed by atoms with Crippen molar-refractivity contribution in [2.45, 2.75) is 18.9 Å². The largest absolute Gasteiger partial charge is 0.481 e. The minimum atomic E-state index is -0.712. The van der Waals surface area contributed by atoms with Gasteiger partial charge in [-0.2, -0.15) is 0 Å². The van der Waals surface area contributed by atoms with Gasteiger partial charge in [0.1, 0.15) is 11.9 Å². The predicted molar refractivity (Wildman–Crippen MR) is 60.5 cm³/mol. The monoisotopic (exact) mass is 239 g/mol. The maximum absolute atomic E-state index is 10.8. The van der Waals surface area contributed by atoms with Gasteiger partial charge in [-0.25, -0.2) is 0 Å². The number of hydrogen-bond acceptors (Lipinski definition) is 4. The van der Waals surface area contributed by atoms with Gasteiger partial charge in [-0.05, 0) is 38.1 Å². The Morgan fingerprint density at radius 2 is 2.24 bits per heavy atom. The van der Waals surface area contributed by atoms with Crippen molar-refractivity contribution in [2.75, 3.05) is 19.6 Å². The Morgan fingerprint density at radius 1 is 1.53 bits per heavy atom. The molecule has 0 aliphatic carbocycles. The molecule has 94 valence electrons. The standard InChI is InChI=1S/C12H17NO4/c14-10(11-2-1-7-17-11)8-13-5-3-9(4-6-13)12(15)16/h1-2,7,9-10,14H,3-6,8H2,(H,15,16). The van der Waals surface area contributed by atoms with Gasteiger partial charge in [0, 0.05) is 6.54 Å². The molecule has 1 fully saturated rings. The first kappa shape index (κ1) is 12.1. The minimum absolute atomic E-state index is 0.230. The second kappa shape index (κ2) is 5.33. The number of carbonyl (C=O) groups is 1. The molecule has 0 saturated carbocycles. The third-order valence-electron chi connectivity index (χ3n) is 3.24. The van der Waals surface area contributed by atoms with Gasteiger partial charge in [-0.1, -0.05) is 0 Å². The first-order chi connectivity index (χ1) is 8.16. The first-order valence-corrected chi connectivity index (χ1v) is 5.83. The Morgan fingerprint density at radius 3 is 2.76 bits per heavy atom. The van der Waals surface area contributed by atoms with Crippen molar-refractivity contribution in [2.24, 2.45) is 5.92 Å². The summed E-state index contributed by atoms with van der Waals surface area (Å²) in [7, 11) is 0. The van der Waals surface area contributed by atoms with E-state index in [2.05, 4.69) is 4.90 Å². The summed E-state index contributed by atoms with van der Waals surface area (Å²) in [6, 6.07) is 3.49. The summed E-state index contributed by atoms with van der Waals surface area (Å²) in [5, 5.41) is 18.8. The quantitative estimate of drug-likeness (QED) is 0.823. The van der Waals surface area contributed by atoms with E-state index < -0.39 is 12.1 Å². The van der Waals surface area contributed by atoms with Crippen LogP contribution in [0.15, 0.2) is 22.8 Å². The second-order valence-corrected chi connectivity index (χ2v) is 4.44. The zero-order valence-corrected chi connectivity index (χ0v) is 9.58. The minimum Gasteiger partial charge on any atom is -0.481 e. The summed E-state index contributed by atoms with van der Waals surface area (Å²) < 4.78 is 5.13. The lowest BCUT2D eigenvalue weighted by Gasteiger charge is -2.30. The molecule has 1 aliphatic rings. The van der Waals surface area contributed by atoms with Crippen LogP contribution in [0.4, 0.5) is 0 Å². The molecule has 0 amide bonds. The zero-order valence-electron chi connectivity index (χ0n) is 9.58. The summed E-state index contributed by atoms with van der Waals surface area (Å²) in [5.41, 5.74) is 0. The number of β-amino-alcohol motifs (C(OH)–C–C–N with tert-alkyl or cyclic N) is 1. The van der Waals surface area contributed by atoms with E-state index in [1.807, 2.05) is 0 Å². The van der Waals surface area contributed by atoms with Gasteiger partial charge < -0.3 is 19.5 Å². The SMILES string of the molecule is O=C(O)C1CCN(CC(O)c2ccco2)CC1. The molecule has 1 aromatic rings. The van der Waals surface area contributed by atoms with Gasteiger partial charge in [0.15, 0.2) is 0 Å². The van der Waals surface area contributed by atoms with E-state index in [0.29, 0.717) is 38.2 Å². The van der Waals surface area contributed by atoms with E-state index in [9.17, 15) is 9.90 Å². The number of piperidine rings is 1. The highest BCUT2D eigenvalue weighted by Gasteiger charge is 2.26. The van der Waals surface area contributed by atoms with E-state index >= 15 is 0 Å². The average Bonchev–Trinajstić information content (AvgIpc) is 2.83. The van der Waals surface area contributed by atoms with Gasteiger partial charge in [0.25, 0.3) is 0 Å². The Hall–Kier alpha value is -1.33. The van der Waals surface area contributed by atoms with E-state index in [0.717, 1.165) is 0 Å². The van der Waals surface area contributed by atoms with Gasteiger partial charge in [-0.3, -0.25) is 4.79 Å². The normalized spacial score (nSPS) is 20.3. The molecule has 1 saturated heterocycles. The summed E-state index contributed by atoms with van der Waals surface area (Å²) in [6.07, 6.45) is 2.21.